The number of carbonyl (C=O) groups excluding carboxylic acids is 1. The molecule has 3 heterocycles. The highest BCUT2D eigenvalue weighted by Crippen LogP contribution is 2.31. The van der Waals surface area contributed by atoms with Crippen molar-refractivity contribution in [2.24, 2.45) is 0 Å². The summed E-state index contributed by atoms with van der Waals surface area (Å²) >= 11 is 0. The first kappa shape index (κ1) is 16.4. The molecule has 0 spiro atoms. The Kier molecular flexibility index (Phi) is 4.25. The number of pyridine rings is 1. The summed E-state index contributed by atoms with van der Waals surface area (Å²) in [7, 11) is 1.73. The zero-order valence-corrected chi connectivity index (χ0v) is 13.1. The van der Waals surface area contributed by atoms with Crippen molar-refractivity contribution in [1.29, 1.82) is 0 Å². The summed E-state index contributed by atoms with van der Waals surface area (Å²) in [5.74, 6) is -1.66. The first-order valence-electron chi connectivity index (χ1n) is 7.62. The molecule has 2 aliphatic rings. The summed E-state index contributed by atoms with van der Waals surface area (Å²) in [6.07, 6.45) is 1.73. The minimum Gasteiger partial charge on any atom is -0.475 e. The molecule has 3 unspecified atom stereocenters. The van der Waals surface area contributed by atoms with Crippen molar-refractivity contribution < 1.29 is 34.2 Å². The van der Waals surface area contributed by atoms with Crippen molar-refractivity contribution in [3.8, 4) is 0 Å². The van der Waals surface area contributed by atoms with Crippen LogP contribution in [0.3, 0.4) is 0 Å². The SMILES string of the molecule is CN1C(=O)CCC1c1ccc[n+]([C@H]2OC(C(=O)O)=CC(O)C2O)c1. The molecule has 0 saturated carbocycles. The van der Waals surface area contributed by atoms with Gasteiger partial charge in [-0.3, -0.25) is 4.79 Å². The number of rotatable bonds is 3. The lowest BCUT2D eigenvalue weighted by molar-refractivity contribution is -0.769. The van der Waals surface area contributed by atoms with Crippen molar-refractivity contribution in [3.05, 3.63) is 41.9 Å². The third kappa shape index (κ3) is 2.85. The Morgan fingerprint density at radius 2 is 2.17 bits per heavy atom. The molecule has 0 radical (unpaired) electrons. The highest BCUT2D eigenvalue weighted by Gasteiger charge is 2.41. The van der Waals surface area contributed by atoms with Gasteiger partial charge in [-0.15, -0.1) is 0 Å². The van der Waals surface area contributed by atoms with Gasteiger partial charge in [-0.1, -0.05) is 0 Å². The normalized spacial score (nSPS) is 30.0. The monoisotopic (exact) mass is 335 g/mol. The molecule has 0 aliphatic carbocycles. The average molecular weight is 335 g/mol. The topological polar surface area (TPSA) is 111 Å². The number of hydrogen-bond donors (Lipinski definition) is 3. The fraction of sp³-hybridized carbons (Fsp3) is 0.438. The highest BCUT2D eigenvalue weighted by atomic mass is 16.5. The number of likely N-dealkylation sites (tertiary alicyclic amines) is 1. The Morgan fingerprint density at radius 1 is 1.42 bits per heavy atom. The molecule has 8 heteroatoms. The average Bonchev–Trinajstić information content (AvgIpc) is 2.89. The van der Waals surface area contributed by atoms with E-state index in [2.05, 4.69) is 0 Å². The van der Waals surface area contributed by atoms with Crippen molar-refractivity contribution in [1.82, 2.24) is 4.90 Å². The highest BCUT2D eigenvalue weighted by molar-refractivity contribution is 5.84. The fourth-order valence-electron chi connectivity index (χ4n) is 3.08. The molecule has 24 heavy (non-hydrogen) atoms. The van der Waals surface area contributed by atoms with E-state index in [1.165, 1.54) is 4.57 Å². The van der Waals surface area contributed by atoms with Crippen LogP contribution in [0, 0.1) is 0 Å². The summed E-state index contributed by atoms with van der Waals surface area (Å²) in [6, 6.07) is 3.51. The van der Waals surface area contributed by atoms with Crippen LogP contribution in [-0.2, 0) is 14.3 Å². The second kappa shape index (κ2) is 6.21. The molecular weight excluding hydrogens is 316 g/mol. The molecule has 1 saturated heterocycles. The predicted molar refractivity (Wildman–Crippen MR) is 79.2 cm³/mol. The predicted octanol–water partition coefficient (Wildman–Crippen LogP) is -0.514. The number of nitrogens with zero attached hydrogens (tertiary/aromatic N) is 2. The molecule has 128 valence electrons. The van der Waals surface area contributed by atoms with Crippen molar-refractivity contribution >= 4 is 11.9 Å². The maximum absolute atomic E-state index is 11.7. The van der Waals surface area contributed by atoms with Gasteiger partial charge in [-0.05, 0) is 18.6 Å². The Morgan fingerprint density at radius 3 is 2.79 bits per heavy atom. The summed E-state index contributed by atoms with van der Waals surface area (Å²) in [5.41, 5.74) is 0.850. The quantitative estimate of drug-likeness (QED) is 0.642. The molecule has 1 aromatic heterocycles. The molecule has 3 rings (SSSR count). The summed E-state index contributed by atoms with van der Waals surface area (Å²) < 4.78 is 6.83. The van der Waals surface area contributed by atoms with Gasteiger partial charge in [-0.2, -0.15) is 4.57 Å². The van der Waals surface area contributed by atoms with Crippen LogP contribution in [-0.4, -0.2) is 51.4 Å². The number of amides is 1. The van der Waals surface area contributed by atoms with E-state index in [-0.39, 0.29) is 11.9 Å². The molecule has 3 N–H and O–H groups in total. The Hall–Kier alpha value is -2.45. The Balaban J connectivity index is 1.90. The van der Waals surface area contributed by atoms with Crippen molar-refractivity contribution in [3.63, 3.8) is 0 Å². The van der Waals surface area contributed by atoms with Gasteiger partial charge in [0.05, 0.1) is 6.04 Å². The number of aliphatic hydroxyl groups is 2. The van der Waals surface area contributed by atoms with Crippen LogP contribution in [0.25, 0.3) is 0 Å². The van der Waals surface area contributed by atoms with Gasteiger partial charge in [0.1, 0.15) is 6.10 Å². The maximum Gasteiger partial charge on any atom is 0.371 e. The summed E-state index contributed by atoms with van der Waals surface area (Å²) in [4.78, 5) is 24.5. The second-order valence-electron chi connectivity index (χ2n) is 5.97. The van der Waals surface area contributed by atoms with E-state index in [1.54, 1.807) is 30.4 Å². The summed E-state index contributed by atoms with van der Waals surface area (Å²) in [6.45, 7) is 0. The number of carboxylic acids is 1. The van der Waals surface area contributed by atoms with E-state index in [9.17, 15) is 19.8 Å². The van der Waals surface area contributed by atoms with Gasteiger partial charge in [0.15, 0.2) is 18.5 Å². The smallest absolute Gasteiger partial charge is 0.371 e. The largest absolute Gasteiger partial charge is 0.475 e. The number of carboxylic acid groups (broad SMARTS) is 1. The van der Waals surface area contributed by atoms with Gasteiger partial charge < -0.3 is 25.0 Å². The standard InChI is InChI=1S/C16H18N2O6/c1-17-10(4-5-13(17)20)9-3-2-6-18(8-9)15-14(21)11(19)7-12(24-15)16(22)23/h2-3,6-8,10-11,14-15,19,21H,4-5H2,1H3/p+1/t10?,11?,14?,15-/m0/s1. The minimum absolute atomic E-state index is 0.0656. The number of aliphatic hydroxyl groups excluding tert-OH is 2. The molecular formula is C16H19N2O6+. The van der Waals surface area contributed by atoms with Gasteiger partial charge in [0.25, 0.3) is 0 Å². The molecule has 0 aromatic carbocycles. The van der Waals surface area contributed by atoms with E-state index >= 15 is 0 Å². The van der Waals surface area contributed by atoms with Crippen LogP contribution in [0.15, 0.2) is 36.4 Å². The van der Waals surface area contributed by atoms with Gasteiger partial charge in [0.2, 0.25) is 11.7 Å². The number of carbonyl (C=O) groups is 2. The molecule has 2 aliphatic heterocycles. The third-order valence-electron chi connectivity index (χ3n) is 4.44. The number of aliphatic carboxylic acids is 1. The number of hydrogen-bond acceptors (Lipinski definition) is 5. The molecule has 1 amide bonds. The molecule has 8 nitrogen and oxygen atoms in total. The van der Waals surface area contributed by atoms with E-state index in [0.29, 0.717) is 12.8 Å². The second-order valence-corrected chi connectivity index (χ2v) is 5.97. The van der Waals surface area contributed by atoms with Gasteiger partial charge >= 0.3 is 12.2 Å². The van der Waals surface area contributed by atoms with Crippen LogP contribution in [0.4, 0.5) is 0 Å². The van der Waals surface area contributed by atoms with E-state index in [1.807, 2.05) is 6.07 Å². The van der Waals surface area contributed by atoms with Crippen LogP contribution in [0.5, 0.6) is 0 Å². The van der Waals surface area contributed by atoms with Crippen LogP contribution in [0.1, 0.15) is 30.7 Å². The third-order valence-corrected chi connectivity index (χ3v) is 4.44. The Bertz CT molecular complexity index is 704. The Labute approximate surface area is 138 Å². The fourth-order valence-corrected chi connectivity index (χ4v) is 3.08. The van der Waals surface area contributed by atoms with Crippen LogP contribution >= 0.6 is 0 Å². The van der Waals surface area contributed by atoms with Crippen LogP contribution < -0.4 is 4.57 Å². The minimum atomic E-state index is -1.35. The van der Waals surface area contributed by atoms with E-state index < -0.39 is 30.2 Å². The zero-order valence-electron chi connectivity index (χ0n) is 13.1. The first-order valence-corrected chi connectivity index (χ1v) is 7.62. The van der Waals surface area contributed by atoms with E-state index in [4.69, 9.17) is 9.84 Å². The molecule has 1 aromatic rings. The first-order chi connectivity index (χ1) is 11.4. The zero-order chi connectivity index (χ0) is 17.4. The lowest BCUT2D eigenvalue weighted by Gasteiger charge is -2.27. The van der Waals surface area contributed by atoms with Gasteiger partial charge in [0, 0.05) is 25.1 Å². The lowest BCUT2D eigenvalue weighted by Crippen LogP contribution is -2.53. The number of ether oxygens (including phenoxy) is 1. The lowest BCUT2D eigenvalue weighted by atomic mass is 10.1. The van der Waals surface area contributed by atoms with Crippen molar-refractivity contribution in [2.45, 2.75) is 37.3 Å². The van der Waals surface area contributed by atoms with Crippen LogP contribution in [0.2, 0.25) is 0 Å². The van der Waals surface area contributed by atoms with Crippen molar-refractivity contribution in [2.75, 3.05) is 7.05 Å². The molecule has 0 bridgehead atoms. The number of aromatic nitrogens is 1. The summed E-state index contributed by atoms with van der Waals surface area (Å²) in [5, 5.41) is 29.1. The maximum atomic E-state index is 11.7. The molecule has 1 fully saturated rings. The van der Waals surface area contributed by atoms with Gasteiger partial charge in [-0.25, -0.2) is 4.79 Å². The van der Waals surface area contributed by atoms with E-state index in [0.717, 1.165) is 11.6 Å². The molecule has 4 atom stereocenters.